The third-order valence-electron chi connectivity index (χ3n) is 5.44. The van der Waals surface area contributed by atoms with E-state index in [0.717, 1.165) is 52.5 Å². The molecule has 5 nitrogen and oxygen atoms in total. The first-order valence-electron chi connectivity index (χ1n) is 9.20. The molecule has 134 valence electrons. The molecule has 4 rings (SSSR count). The topological polar surface area (TPSA) is 31.0 Å². The van der Waals surface area contributed by atoms with Crippen LogP contribution in [0.5, 0.6) is 0 Å². The van der Waals surface area contributed by atoms with Crippen molar-refractivity contribution in [1.82, 2.24) is 20.2 Å². The minimum atomic E-state index is 0.855. The quantitative estimate of drug-likeness (QED) is 0.905. The minimum Gasteiger partial charge on any atom is -0.379 e. The van der Waals surface area contributed by atoms with Crippen LogP contribution in [-0.4, -0.2) is 61.2 Å². The van der Waals surface area contributed by atoms with Crippen molar-refractivity contribution >= 4 is 0 Å². The summed E-state index contributed by atoms with van der Waals surface area (Å²) in [6.45, 7) is 9.98. The van der Waals surface area contributed by atoms with Crippen LogP contribution in [0.25, 0.3) is 0 Å². The standard InChI is InChI=1S/C20H28N4O/c1-16-19-15-22(2)21-20(19)7-8-24(16)14-18-6-4-3-5-17(18)13-23-9-11-25-12-10-23/h3-7,21H,8-15H2,1-2H3. The molecule has 3 heterocycles. The number of hydrazine groups is 1. The summed E-state index contributed by atoms with van der Waals surface area (Å²) < 4.78 is 5.48. The zero-order valence-corrected chi connectivity index (χ0v) is 15.3. The Labute approximate surface area is 150 Å². The van der Waals surface area contributed by atoms with Crippen molar-refractivity contribution in [3.8, 4) is 0 Å². The van der Waals surface area contributed by atoms with E-state index in [9.17, 15) is 0 Å². The largest absolute Gasteiger partial charge is 0.379 e. The van der Waals surface area contributed by atoms with Gasteiger partial charge in [0.15, 0.2) is 0 Å². The predicted octanol–water partition coefficient (Wildman–Crippen LogP) is 1.94. The van der Waals surface area contributed by atoms with Gasteiger partial charge >= 0.3 is 0 Å². The van der Waals surface area contributed by atoms with Crippen LogP contribution < -0.4 is 5.43 Å². The summed E-state index contributed by atoms with van der Waals surface area (Å²) in [7, 11) is 2.10. The highest BCUT2D eigenvalue weighted by molar-refractivity contribution is 5.40. The van der Waals surface area contributed by atoms with Gasteiger partial charge in [-0.25, -0.2) is 5.01 Å². The lowest BCUT2D eigenvalue weighted by Crippen LogP contribution is -2.36. The second kappa shape index (κ2) is 7.20. The van der Waals surface area contributed by atoms with Crippen LogP contribution >= 0.6 is 0 Å². The first-order chi connectivity index (χ1) is 12.2. The van der Waals surface area contributed by atoms with Gasteiger partial charge in [0.25, 0.3) is 0 Å². The van der Waals surface area contributed by atoms with Gasteiger partial charge in [-0.15, -0.1) is 0 Å². The Balaban J connectivity index is 1.50. The van der Waals surface area contributed by atoms with Crippen molar-refractivity contribution in [3.63, 3.8) is 0 Å². The Kier molecular flexibility index (Phi) is 4.79. The van der Waals surface area contributed by atoms with Crippen LogP contribution in [0.4, 0.5) is 0 Å². The number of likely N-dealkylation sites (N-methyl/N-ethyl adjacent to an activating group) is 1. The van der Waals surface area contributed by atoms with Gasteiger partial charge in [-0.1, -0.05) is 24.3 Å². The molecule has 0 atom stereocenters. The van der Waals surface area contributed by atoms with Gasteiger partial charge < -0.3 is 15.1 Å². The first kappa shape index (κ1) is 16.6. The first-order valence-corrected chi connectivity index (χ1v) is 9.20. The average molecular weight is 340 g/mol. The summed E-state index contributed by atoms with van der Waals surface area (Å²) in [6.07, 6.45) is 2.32. The maximum atomic E-state index is 5.48. The number of nitrogens with zero attached hydrogens (tertiary/aromatic N) is 3. The van der Waals surface area contributed by atoms with Crippen molar-refractivity contribution in [2.75, 3.05) is 46.4 Å². The maximum Gasteiger partial charge on any atom is 0.0594 e. The summed E-state index contributed by atoms with van der Waals surface area (Å²) in [5, 5.41) is 2.15. The van der Waals surface area contributed by atoms with E-state index in [-0.39, 0.29) is 0 Å². The zero-order valence-electron chi connectivity index (χ0n) is 15.3. The van der Waals surface area contributed by atoms with E-state index >= 15 is 0 Å². The number of allylic oxidation sites excluding steroid dienone is 1. The number of rotatable bonds is 4. The van der Waals surface area contributed by atoms with Gasteiger partial charge in [-0.3, -0.25) is 4.90 Å². The molecule has 25 heavy (non-hydrogen) atoms. The zero-order chi connectivity index (χ0) is 17.2. The number of nitrogens with one attached hydrogen (secondary N) is 1. The molecule has 3 aliphatic heterocycles. The van der Waals surface area contributed by atoms with Crippen molar-refractivity contribution in [2.24, 2.45) is 0 Å². The van der Waals surface area contributed by atoms with Gasteiger partial charge in [0, 0.05) is 57.6 Å². The van der Waals surface area contributed by atoms with Gasteiger partial charge in [0.1, 0.15) is 0 Å². The highest BCUT2D eigenvalue weighted by Crippen LogP contribution is 2.28. The number of ether oxygens (including phenoxy) is 1. The molecule has 1 aromatic carbocycles. The summed E-state index contributed by atoms with van der Waals surface area (Å²) in [4.78, 5) is 5.00. The van der Waals surface area contributed by atoms with Crippen LogP contribution in [0.15, 0.2) is 47.3 Å². The van der Waals surface area contributed by atoms with Gasteiger partial charge in [-0.05, 0) is 24.1 Å². The highest BCUT2D eigenvalue weighted by Gasteiger charge is 2.26. The van der Waals surface area contributed by atoms with Crippen molar-refractivity contribution in [1.29, 1.82) is 0 Å². The van der Waals surface area contributed by atoms with Crippen LogP contribution in [0, 0.1) is 0 Å². The van der Waals surface area contributed by atoms with Crippen molar-refractivity contribution < 1.29 is 4.74 Å². The molecule has 0 unspecified atom stereocenters. The summed E-state index contributed by atoms with van der Waals surface area (Å²) >= 11 is 0. The molecule has 1 N–H and O–H groups in total. The molecule has 0 spiro atoms. The molecule has 0 saturated carbocycles. The summed E-state index contributed by atoms with van der Waals surface area (Å²) in [5.74, 6) is 0. The maximum absolute atomic E-state index is 5.48. The van der Waals surface area contributed by atoms with Crippen LogP contribution in [0.2, 0.25) is 0 Å². The van der Waals surface area contributed by atoms with Gasteiger partial charge in [0.2, 0.25) is 0 Å². The Morgan fingerprint density at radius 2 is 1.80 bits per heavy atom. The molecule has 0 amide bonds. The number of benzene rings is 1. The molecular formula is C20H28N4O. The smallest absolute Gasteiger partial charge is 0.0594 e. The fourth-order valence-electron chi connectivity index (χ4n) is 3.90. The van der Waals surface area contributed by atoms with E-state index < -0.39 is 0 Å². The number of hydrogen-bond acceptors (Lipinski definition) is 5. The lowest BCUT2D eigenvalue weighted by molar-refractivity contribution is 0.0340. The second-order valence-corrected chi connectivity index (χ2v) is 7.19. The number of morpholine rings is 1. The second-order valence-electron chi connectivity index (χ2n) is 7.19. The Bertz CT molecular complexity index is 691. The molecule has 0 aromatic heterocycles. The fraction of sp³-hybridized carbons (Fsp3) is 0.500. The van der Waals surface area contributed by atoms with E-state index in [1.165, 1.54) is 28.1 Å². The lowest BCUT2D eigenvalue weighted by atomic mass is 10.0. The predicted molar refractivity (Wildman–Crippen MR) is 99.5 cm³/mol. The van der Waals surface area contributed by atoms with E-state index in [2.05, 4.69) is 64.5 Å². The summed E-state index contributed by atoms with van der Waals surface area (Å²) in [6, 6.07) is 8.89. The molecule has 0 aliphatic carbocycles. The molecule has 2 saturated heterocycles. The molecule has 0 radical (unpaired) electrons. The molecule has 5 heteroatoms. The Morgan fingerprint density at radius 3 is 2.56 bits per heavy atom. The Hall–Kier alpha value is -1.82. The fourth-order valence-corrected chi connectivity index (χ4v) is 3.90. The molecular weight excluding hydrogens is 312 g/mol. The van der Waals surface area contributed by atoms with E-state index in [1.54, 1.807) is 0 Å². The molecule has 3 aliphatic rings. The molecule has 2 fully saturated rings. The Morgan fingerprint density at radius 1 is 1.08 bits per heavy atom. The van der Waals surface area contributed by atoms with E-state index in [0.29, 0.717) is 0 Å². The van der Waals surface area contributed by atoms with E-state index in [4.69, 9.17) is 4.74 Å². The third-order valence-corrected chi connectivity index (χ3v) is 5.44. The van der Waals surface area contributed by atoms with Crippen molar-refractivity contribution in [3.05, 3.63) is 58.4 Å². The normalized spacial score (nSPS) is 22.0. The van der Waals surface area contributed by atoms with Crippen LogP contribution in [0.1, 0.15) is 18.1 Å². The average Bonchev–Trinajstić information content (AvgIpc) is 3.01. The number of hydrogen-bond donors (Lipinski definition) is 1. The van der Waals surface area contributed by atoms with Crippen molar-refractivity contribution in [2.45, 2.75) is 20.0 Å². The van der Waals surface area contributed by atoms with E-state index in [1.807, 2.05) is 0 Å². The molecule has 0 bridgehead atoms. The summed E-state index contributed by atoms with van der Waals surface area (Å²) in [5.41, 5.74) is 10.4. The highest BCUT2D eigenvalue weighted by atomic mass is 16.5. The van der Waals surface area contributed by atoms with Gasteiger partial charge in [-0.2, -0.15) is 0 Å². The monoisotopic (exact) mass is 340 g/mol. The minimum absolute atomic E-state index is 0.855. The van der Waals surface area contributed by atoms with Gasteiger partial charge in [0.05, 0.1) is 18.9 Å². The van der Waals surface area contributed by atoms with Crippen LogP contribution in [0.3, 0.4) is 0 Å². The molecule has 1 aromatic rings. The SMILES string of the molecule is CC1=C2CN(C)NC2=CCN1Cc1ccccc1CN1CCOCC1. The van der Waals surface area contributed by atoms with Crippen LogP contribution in [-0.2, 0) is 17.8 Å². The number of fused-ring (bicyclic) bond motifs is 1. The lowest BCUT2D eigenvalue weighted by Gasteiger charge is -2.31. The third kappa shape index (κ3) is 3.59.